The van der Waals surface area contributed by atoms with Gasteiger partial charge in [-0.05, 0) is 75.8 Å². The lowest BCUT2D eigenvalue weighted by atomic mass is 9.98. The predicted molar refractivity (Wildman–Crippen MR) is 230 cm³/mol. The summed E-state index contributed by atoms with van der Waals surface area (Å²) in [6.07, 6.45) is 1.10. The van der Waals surface area contributed by atoms with Crippen molar-refractivity contribution in [1.82, 2.24) is 20.7 Å². The molecular weight excluding hydrogens is 793 g/mol. The number of piperidine rings is 1. The average Bonchev–Trinajstić information content (AvgIpc) is 3.20. The molecule has 4 rings (SSSR count). The van der Waals surface area contributed by atoms with Gasteiger partial charge in [-0.1, -0.05) is 44.2 Å². The monoisotopic (exact) mass is 848 g/mol. The van der Waals surface area contributed by atoms with Crippen molar-refractivity contribution in [3.63, 3.8) is 0 Å². The van der Waals surface area contributed by atoms with Crippen LogP contribution in [0, 0.1) is 10.8 Å². The number of amidine groups is 2. The van der Waals surface area contributed by atoms with Crippen molar-refractivity contribution < 1.29 is 44.1 Å². The summed E-state index contributed by atoms with van der Waals surface area (Å²) in [4.78, 5) is 66.1. The number of likely N-dealkylation sites (tertiary alicyclic amines) is 1. The molecule has 17 nitrogen and oxygen atoms in total. The molecule has 0 aliphatic carbocycles. The zero-order valence-corrected chi connectivity index (χ0v) is 35.8. The first kappa shape index (κ1) is 47.0. The molecule has 324 valence electrons. The second-order valence-electron chi connectivity index (χ2n) is 15.5. The maximum Gasteiger partial charge on any atom is 0.347 e. The molecule has 1 aliphatic rings. The van der Waals surface area contributed by atoms with Gasteiger partial charge in [0.1, 0.15) is 29.2 Å². The molecule has 7 N–H and O–H groups in total. The number of hydrogen-bond donors (Lipinski definition) is 7. The van der Waals surface area contributed by atoms with Gasteiger partial charge in [-0.15, -0.1) is 11.8 Å². The predicted octanol–water partition coefficient (Wildman–Crippen LogP) is 4.78. The van der Waals surface area contributed by atoms with Crippen molar-refractivity contribution in [2.24, 2.45) is 0 Å². The fourth-order valence-corrected chi connectivity index (χ4v) is 7.14. The lowest BCUT2D eigenvalue weighted by molar-refractivity contribution is -0.172. The first-order valence-electron chi connectivity index (χ1n) is 19.6. The molecule has 18 heteroatoms. The molecule has 3 aromatic rings. The molecule has 60 heavy (non-hydrogen) atoms. The van der Waals surface area contributed by atoms with Gasteiger partial charge in [0.25, 0.3) is 5.91 Å². The van der Waals surface area contributed by atoms with E-state index in [1.54, 1.807) is 75.1 Å². The maximum atomic E-state index is 13.1. The van der Waals surface area contributed by atoms with Crippen LogP contribution in [0.5, 0.6) is 11.5 Å². The number of nitrogens with one attached hydrogen (secondary N) is 4. The number of likely N-dealkylation sites (N-methyl/N-ethyl adjacent to an activating group) is 1. The third-order valence-electron chi connectivity index (χ3n) is 9.64. The van der Waals surface area contributed by atoms with Gasteiger partial charge in [0.05, 0.1) is 34.6 Å². The number of hydroxylamine groups is 1. The number of thioether (sulfide) groups is 1. The van der Waals surface area contributed by atoms with Crippen LogP contribution in [0.2, 0.25) is 0 Å². The number of aliphatic carboxylic acids is 1. The number of esters is 1. The van der Waals surface area contributed by atoms with Crippen LogP contribution in [-0.4, -0.2) is 117 Å². The Hall–Kier alpha value is -5.72. The molecule has 1 saturated heterocycles. The minimum Gasteiger partial charge on any atom is -0.508 e. The third-order valence-corrected chi connectivity index (χ3v) is 10.5. The zero-order valence-electron chi connectivity index (χ0n) is 35.0. The van der Waals surface area contributed by atoms with Gasteiger partial charge in [-0.2, -0.15) is 5.48 Å². The van der Waals surface area contributed by atoms with Gasteiger partial charge in [0.2, 0.25) is 12.0 Å². The molecule has 1 aliphatic heterocycles. The van der Waals surface area contributed by atoms with Crippen molar-refractivity contribution in [1.29, 1.82) is 10.8 Å². The van der Waals surface area contributed by atoms with Crippen LogP contribution in [0.15, 0.2) is 60.8 Å². The van der Waals surface area contributed by atoms with Crippen molar-refractivity contribution in [2.75, 3.05) is 48.0 Å². The quantitative estimate of drug-likeness (QED) is 0.0445. The SMILES string of the molecule is CCNC(=O)C(=N)N(C(=N)c1cc(C(C)C)c(O)cc1O)c1ccc(N(C)C2CCN(C(=O)CSCC(=O)O[C@@H](C(=O)O)[C@@H](NOC(C)(C)C)c3ccccc3)CC2)nc1. The highest BCUT2D eigenvalue weighted by Crippen LogP contribution is 2.34. The Kier molecular flexibility index (Phi) is 16.4. The second kappa shape index (κ2) is 21.0. The summed E-state index contributed by atoms with van der Waals surface area (Å²) in [5.41, 5.74) is 3.40. The number of nitrogens with zero attached hydrogens (tertiary/aromatic N) is 4. The van der Waals surface area contributed by atoms with E-state index in [0.717, 1.165) is 22.7 Å². The minimum atomic E-state index is -1.59. The van der Waals surface area contributed by atoms with Crippen LogP contribution in [0.25, 0.3) is 0 Å². The lowest BCUT2D eigenvalue weighted by Crippen LogP contribution is -2.47. The van der Waals surface area contributed by atoms with Gasteiger partial charge in [-0.3, -0.25) is 34.9 Å². The lowest BCUT2D eigenvalue weighted by Gasteiger charge is -2.37. The number of carboxylic acids is 1. The van der Waals surface area contributed by atoms with Gasteiger partial charge in [-0.25, -0.2) is 9.78 Å². The molecule has 0 radical (unpaired) electrons. The standard InChI is InChI=1S/C42H56N8O9S/c1-8-45-40(55)39(44)50(38(43)30-20-29(25(2)3)31(51)21-32(30)52)28-14-15-33(46-22-28)48(7)27-16-18-49(19-17-27)34(53)23-60-24-35(54)58-37(41(56)57)36(47-59-42(4,5)6)26-12-10-9-11-13-26/h9-15,20-22,25,27,36-37,43-44,47,51-52H,8,16-19,23-24H2,1-7H3,(H,45,55)(H,56,57)/t36-,37+/m0/s1. The van der Waals surface area contributed by atoms with Crippen molar-refractivity contribution in [3.8, 4) is 11.5 Å². The van der Waals surface area contributed by atoms with E-state index in [4.69, 9.17) is 20.4 Å². The van der Waals surface area contributed by atoms with E-state index in [1.165, 1.54) is 12.3 Å². The number of carboxylic acid groups (broad SMARTS) is 1. The summed E-state index contributed by atoms with van der Waals surface area (Å²) in [6.45, 7) is 12.0. The van der Waals surface area contributed by atoms with Crippen molar-refractivity contribution in [2.45, 2.75) is 84.1 Å². The number of phenolic OH excluding ortho intramolecular Hbond substituents is 2. The number of aromatic hydroxyl groups is 2. The fourth-order valence-electron chi connectivity index (χ4n) is 6.45. The van der Waals surface area contributed by atoms with Gasteiger partial charge >= 0.3 is 11.9 Å². The number of aromatic nitrogens is 1. The molecule has 0 saturated carbocycles. The topological polar surface area (TPSA) is 242 Å². The molecule has 0 bridgehead atoms. The Labute approximate surface area is 354 Å². The van der Waals surface area contributed by atoms with E-state index in [0.29, 0.717) is 42.9 Å². The van der Waals surface area contributed by atoms with Crippen LogP contribution in [0.1, 0.15) is 83.0 Å². The number of rotatable bonds is 16. The number of anilines is 2. The highest BCUT2D eigenvalue weighted by molar-refractivity contribution is 8.00. The maximum absolute atomic E-state index is 13.1. The first-order valence-corrected chi connectivity index (χ1v) is 20.7. The number of amides is 2. The Morgan fingerprint density at radius 3 is 2.23 bits per heavy atom. The second-order valence-corrected chi connectivity index (χ2v) is 16.5. The van der Waals surface area contributed by atoms with Gasteiger partial charge in [0.15, 0.2) is 5.84 Å². The Balaban J connectivity index is 1.35. The summed E-state index contributed by atoms with van der Waals surface area (Å²) >= 11 is 1.04. The third kappa shape index (κ3) is 12.4. The number of pyridine rings is 1. The summed E-state index contributed by atoms with van der Waals surface area (Å²) < 4.78 is 5.41. The van der Waals surface area contributed by atoms with Crippen LogP contribution in [0.3, 0.4) is 0 Å². The number of benzene rings is 2. The average molecular weight is 849 g/mol. The molecular formula is C42H56N8O9S. The van der Waals surface area contributed by atoms with E-state index >= 15 is 0 Å². The fraction of sp³-hybridized carbons (Fsp3) is 0.452. The smallest absolute Gasteiger partial charge is 0.347 e. The number of carbonyl (C=O) groups excluding carboxylic acids is 3. The molecule has 2 heterocycles. The minimum absolute atomic E-state index is 0.00134. The summed E-state index contributed by atoms with van der Waals surface area (Å²) in [5, 5.41) is 51.3. The first-order chi connectivity index (χ1) is 28.3. The van der Waals surface area contributed by atoms with E-state index in [-0.39, 0.29) is 64.5 Å². The van der Waals surface area contributed by atoms with E-state index in [9.17, 15) is 34.5 Å². The normalized spacial score (nSPS) is 14.2. The molecule has 1 fully saturated rings. The summed E-state index contributed by atoms with van der Waals surface area (Å²) in [6, 6.07) is 13.6. The van der Waals surface area contributed by atoms with Crippen LogP contribution < -0.4 is 20.6 Å². The summed E-state index contributed by atoms with van der Waals surface area (Å²) in [5.74, 6) is -4.25. The molecule has 2 aromatic carbocycles. The van der Waals surface area contributed by atoms with Gasteiger partial charge < -0.3 is 35.2 Å². The molecule has 1 aromatic heterocycles. The highest BCUT2D eigenvalue weighted by Gasteiger charge is 2.35. The van der Waals surface area contributed by atoms with Gasteiger partial charge in [0, 0.05) is 38.8 Å². The van der Waals surface area contributed by atoms with Crippen LogP contribution in [0.4, 0.5) is 11.5 Å². The van der Waals surface area contributed by atoms with E-state index in [1.807, 2.05) is 25.8 Å². The zero-order chi connectivity index (χ0) is 44.3. The Morgan fingerprint density at radius 2 is 1.67 bits per heavy atom. The molecule has 2 atom stereocenters. The molecule has 2 amide bonds. The van der Waals surface area contributed by atoms with Crippen LogP contribution in [-0.2, 0) is 28.8 Å². The Bertz CT molecular complexity index is 2000. The number of ether oxygens (including phenoxy) is 1. The van der Waals surface area contributed by atoms with Crippen LogP contribution >= 0.6 is 11.8 Å². The highest BCUT2D eigenvalue weighted by atomic mass is 32.2. The number of hydrogen-bond acceptors (Lipinski definition) is 14. The van der Waals surface area contributed by atoms with Crippen molar-refractivity contribution >= 4 is 58.7 Å². The summed E-state index contributed by atoms with van der Waals surface area (Å²) in [7, 11) is 1.88. The van der Waals surface area contributed by atoms with E-state index in [2.05, 4.69) is 15.8 Å². The van der Waals surface area contributed by atoms with E-state index < -0.39 is 41.4 Å². The molecule has 0 spiro atoms. The number of carbonyl (C=O) groups is 4. The van der Waals surface area contributed by atoms with Crippen molar-refractivity contribution in [3.05, 3.63) is 77.5 Å². The molecule has 0 unspecified atom stereocenters. The number of phenols is 2. The largest absolute Gasteiger partial charge is 0.508 e. The Morgan fingerprint density at radius 1 is 1.00 bits per heavy atom.